The first kappa shape index (κ1) is 23.1. The molecule has 1 aromatic carbocycles. The molecule has 0 amide bonds. The van der Waals surface area contributed by atoms with Gasteiger partial charge in [0.25, 0.3) is 0 Å². The van der Waals surface area contributed by atoms with Crippen LogP contribution in [0.15, 0.2) is 0 Å². The highest BCUT2D eigenvalue weighted by Gasteiger charge is 2.18. The van der Waals surface area contributed by atoms with Crippen molar-refractivity contribution in [1.29, 1.82) is 0 Å². The second-order valence-corrected chi connectivity index (χ2v) is 6.54. The minimum absolute atomic E-state index is 0.249. The van der Waals surface area contributed by atoms with Crippen LogP contribution in [-0.4, -0.2) is 31.5 Å². The fraction of sp³-hybridized carbons (Fsp3) is 0.565. The van der Waals surface area contributed by atoms with E-state index in [9.17, 15) is 0 Å². The van der Waals surface area contributed by atoms with E-state index in [0.717, 1.165) is 59.3 Å². The molecular formula is C23H32O4. The van der Waals surface area contributed by atoms with E-state index in [1.165, 1.54) is 0 Å². The third kappa shape index (κ3) is 7.27. The molecule has 0 atom stereocenters. The Labute approximate surface area is 164 Å². The Morgan fingerprint density at radius 1 is 0.778 bits per heavy atom. The van der Waals surface area contributed by atoms with Gasteiger partial charge in [-0.15, -0.1) is 12.8 Å². The molecule has 1 aromatic rings. The summed E-state index contributed by atoms with van der Waals surface area (Å²) in [6.45, 7) is 8.51. The summed E-state index contributed by atoms with van der Waals surface area (Å²) in [5.41, 5.74) is 5.47. The number of aliphatic hydroxyl groups excluding tert-OH is 1. The monoisotopic (exact) mass is 372 g/mol. The molecule has 0 heterocycles. The van der Waals surface area contributed by atoms with Crippen molar-refractivity contribution in [3.63, 3.8) is 0 Å². The van der Waals surface area contributed by atoms with Crippen molar-refractivity contribution in [3.8, 4) is 30.4 Å². The second-order valence-electron chi connectivity index (χ2n) is 6.54. The predicted molar refractivity (Wildman–Crippen MR) is 109 cm³/mol. The van der Waals surface area contributed by atoms with E-state index in [2.05, 4.69) is 32.6 Å². The number of rotatable bonds is 13. The molecule has 4 nitrogen and oxygen atoms in total. The zero-order chi connectivity index (χ0) is 20.1. The van der Waals surface area contributed by atoms with Gasteiger partial charge >= 0.3 is 0 Å². The lowest BCUT2D eigenvalue weighted by atomic mass is 9.92. The van der Waals surface area contributed by atoms with Gasteiger partial charge in [-0.05, 0) is 67.9 Å². The molecule has 148 valence electrons. The summed E-state index contributed by atoms with van der Waals surface area (Å²) >= 11 is 0. The van der Waals surface area contributed by atoms with Crippen LogP contribution in [0.5, 0.6) is 5.75 Å². The zero-order valence-electron chi connectivity index (χ0n) is 16.9. The van der Waals surface area contributed by atoms with Gasteiger partial charge in [0.1, 0.15) is 19.0 Å². The van der Waals surface area contributed by atoms with Gasteiger partial charge in [-0.25, -0.2) is 0 Å². The molecule has 0 saturated heterocycles. The van der Waals surface area contributed by atoms with Gasteiger partial charge in [0.05, 0.1) is 19.8 Å². The van der Waals surface area contributed by atoms with Crippen LogP contribution in [0.1, 0.15) is 53.5 Å². The molecule has 1 rings (SSSR count). The number of hydrogen-bond acceptors (Lipinski definition) is 4. The van der Waals surface area contributed by atoms with Gasteiger partial charge in [0, 0.05) is 6.61 Å². The highest BCUT2D eigenvalue weighted by molar-refractivity contribution is 5.54. The van der Waals surface area contributed by atoms with Gasteiger partial charge in [0.15, 0.2) is 0 Å². The normalized spacial score (nSPS) is 10.4. The van der Waals surface area contributed by atoms with Crippen LogP contribution >= 0.6 is 0 Å². The minimum Gasteiger partial charge on any atom is -0.493 e. The largest absolute Gasteiger partial charge is 0.493 e. The first-order valence-electron chi connectivity index (χ1n) is 9.46. The molecule has 0 aliphatic carbocycles. The standard InChI is InChI=1S/C23H32O4/c1-6-13-25-16-21-18(3)22(17-26-14-7-2)20(5)23(19(21)4)27-15-11-9-8-10-12-24/h1-2,24H,8-17H2,3-5H3. The van der Waals surface area contributed by atoms with Crippen LogP contribution < -0.4 is 4.74 Å². The maximum Gasteiger partial charge on any atom is 0.125 e. The van der Waals surface area contributed by atoms with Crippen molar-refractivity contribution in [2.75, 3.05) is 26.4 Å². The first-order valence-corrected chi connectivity index (χ1v) is 9.46. The Hall–Kier alpha value is -1.98. The summed E-state index contributed by atoms with van der Waals surface area (Å²) in [5.74, 6) is 5.89. The van der Waals surface area contributed by atoms with Gasteiger partial charge < -0.3 is 19.3 Å². The van der Waals surface area contributed by atoms with E-state index in [-0.39, 0.29) is 19.8 Å². The van der Waals surface area contributed by atoms with E-state index in [1.807, 2.05) is 0 Å². The molecule has 0 aliphatic heterocycles. The molecule has 0 fully saturated rings. The summed E-state index contributed by atoms with van der Waals surface area (Å²) < 4.78 is 17.3. The molecule has 0 saturated carbocycles. The number of terminal acetylenes is 2. The van der Waals surface area contributed by atoms with Crippen LogP contribution in [0, 0.1) is 45.5 Å². The highest BCUT2D eigenvalue weighted by Crippen LogP contribution is 2.34. The Morgan fingerprint density at radius 3 is 1.78 bits per heavy atom. The summed E-state index contributed by atoms with van der Waals surface area (Å²) in [5, 5.41) is 8.86. The van der Waals surface area contributed by atoms with E-state index in [0.29, 0.717) is 19.8 Å². The molecule has 0 radical (unpaired) electrons. The van der Waals surface area contributed by atoms with E-state index >= 15 is 0 Å². The molecule has 0 unspecified atom stereocenters. The first-order chi connectivity index (χ1) is 13.1. The Bertz CT molecular complexity index is 617. The fourth-order valence-corrected chi connectivity index (χ4v) is 3.12. The Morgan fingerprint density at radius 2 is 1.30 bits per heavy atom. The summed E-state index contributed by atoms with van der Waals surface area (Å²) in [4.78, 5) is 0. The molecule has 4 heteroatoms. The molecule has 0 aliphatic rings. The number of aliphatic hydroxyl groups is 1. The summed E-state index contributed by atoms with van der Waals surface area (Å²) in [6.07, 6.45) is 14.4. The van der Waals surface area contributed by atoms with Crippen LogP contribution in [-0.2, 0) is 22.7 Å². The van der Waals surface area contributed by atoms with Gasteiger partial charge in [-0.3, -0.25) is 0 Å². The number of benzene rings is 1. The van der Waals surface area contributed by atoms with Gasteiger partial charge in [0.2, 0.25) is 0 Å². The quantitative estimate of drug-likeness (QED) is 0.422. The molecule has 27 heavy (non-hydrogen) atoms. The van der Waals surface area contributed by atoms with Crippen molar-refractivity contribution in [2.45, 2.75) is 59.7 Å². The summed E-state index contributed by atoms with van der Waals surface area (Å²) in [7, 11) is 0. The average Bonchev–Trinajstić information content (AvgIpc) is 2.66. The number of hydrogen-bond donors (Lipinski definition) is 1. The fourth-order valence-electron chi connectivity index (χ4n) is 3.12. The van der Waals surface area contributed by atoms with Gasteiger partial charge in [-0.2, -0.15) is 0 Å². The lowest BCUT2D eigenvalue weighted by Gasteiger charge is -2.22. The third-order valence-electron chi connectivity index (χ3n) is 4.65. The third-order valence-corrected chi connectivity index (χ3v) is 4.65. The highest BCUT2D eigenvalue weighted by atomic mass is 16.5. The predicted octanol–water partition coefficient (Wildman–Crippen LogP) is 3.84. The summed E-state index contributed by atoms with van der Waals surface area (Å²) in [6, 6.07) is 0. The van der Waals surface area contributed by atoms with E-state index in [1.54, 1.807) is 0 Å². The van der Waals surface area contributed by atoms with E-state index < -0.39 is 0 Å². The SMILES string of the molecule is C#CCOCc1c(C)c(COCC#C)c(C)c(OCCCCCCO)c1C. The van der Waals surface area contributed by atoms with Crippen molar-refractivity contribution in [1.82, 2.24) is 0 Å². The number of unbranched alkanes of at least 4 members (excludes halogenated alkanes) is 3. The van der Waals surface area contributed by atoms with Crippen molar-refractivity contribution >= 4 is 0 Å². The number of ether oxygens (including phenoxy) is 3. The van der Waals surface area contributed by atoms with Gasteiger partial charge in [-0.1, -0.05) is 18.3 Å². The zero-order valence-corrected chi connectivity index (χ0v) is 16.9. The maximum absolute atomic E-state index is 8.86. The average molecular weight is 373 g/mol. The molecule has 1 N–H and O–H groups in total. The van der Waals surface area contributed by atoms with Crippen molar-refractivity contribution in [3.05, 3.63) is 27.8 Å². The smallest absolute Gasteiger partial charge is 0.125 e. The minimum atomic E-state index is 0.249. The van der Waals surface area contributed by atoms with E-state index in [4.69, 9.17) is 32.2 Å². The van der Waals surface area contributed by atoms with Crippen molar-refractivity contribution < 1.29 is 19.3 Å². The van der Waals surface area contributed by atoms with Crippen molar-refractivity contribution in [2.24, 2.45) is 0 Å². The molecular weight excluding hydrogens is 340 g/mol. The lowest BCUT2D eigenvalue weighted by molar-refractivity contribution is 0.147. The Kier molecular flexibility index (Phi) is 11.3. The topological polar surface area (TPSA) is 47.9 Å². The maximum atomic E-state index is 8.86. The lowest BCUT2D eigenvalue weighted by Crippen LogP contribution is -2.10. The Balaban J connectivity index is 3.00. The van der Waals surface area contributed by atoms with Crippen LogP contribution in [0.3, 0.4) is 0 Å². The molecule has 0 spiro atoms. The molecule has 0 bridgehead atoms. The van der Waals surface area contributed by atoms with Crippen LogP contribution in [0.25, 0.3) is 0 Å². The second kappa shape index (κ2) is 13.2. The van der Waals surface area contributed by atoms with Crippen LogP contribution in [0.4, 0.5) is 0 Å². The van der Waals surface area contributed by atoms with Crippen LogP contribution in [0.2, 0.25) is 0 Å². The molecule has 0 aromatic heterocycles.